The van der Waals surface area contributed by atoms with Crippen molar-refractivity contribution in [2.45, 2.75) is 37.3 Å². The number of benzene rings is 2. The summed E-state index contributed by atoms with van der Waals surface area (Å²) in [6, 6.07) is 14.7. The SMILES string of the molecule is Cn1ncc2cc(-c3ccc(C4=NC5(CC5)C(=O)N4CC4CCN(C(=O)C5CCO5)C4)cc3)ccc21. The van der Waals surface area contributed by atoms with E-state index in [-0.39, 0.29) is 23.8 Å². The van der Waals surface area contributed by atoms with Crippen LogP contribution >= 0.6 is 0 Å². The summed E-state index contributed by atoms with van der Waals surface area (Å²) in [7, 11) is 1.95. The van der Waals surface area contributed by atoms with E-state index < -0.39 is 5.54 Å². The second-order valence-corrected chi connectivity index (χ2v) is 10.6. The van der Waals surface area contributed by atoms with Gasteiger partial charge in [0.05, 0.1) is 18.3 Å². The molecule has 2 amide bonds. The van der Waals surface area contributed by atoms with E-state index in [1.807, 2.05) is 27.7 Å². The highest BCUT2D eigenvalue weighted by Gasteiger charge is 2.57. The van der Waals surface area contributed by atoms with Crippen LogP contribution in [-0.4, -0.2) is 75.1 Å². The zero-order valence-electron chi connectivity index (χ0n) is 20.4. The standard InChI is InChI=1S/C28H29N5O3/c1-31-23-7-6-21(14-22(23)15-29-31)19-2-4-20(5-3-19)25-30-28(10-11-28)27(35)33(25)17-18-8-12-32(16-18)26(34)24-9-13-36-24/h2-7,14-15,18,24H,8-13,16-17H2,1H3. The average Bonchev–Trinajstić information content (AvgIpc) is 3.20. The van der Waals surface area contributed by atoms with E-state index in [0.29, 0.717) is 19.7 Å². The van der Waals surface area contributed by atoms with Gasteiger partial charge in [-0.3, -0.25) is 24.2 Å². The molecule has 4 aliphatic rings. The first-order valence-electron chi connectivity index (χ1n) is 12.9. The van der Waals surface area contributed by atoms with Crippen LogP contribution in [0.1, 0.15) is 31.2 Å². The van der Waals surface area contributed by atoms with Crippen molar-refractivity contribution in [1.82, 2.24) is 19.6 Å². The number of hydrogen-bond donors (Lipinski definition) is 0. The molecule has 3 aromatic rings. The summed E-state index contributed by atoms with van der Waals surface area (Å²) in [6.07, 6.45) is 4.98. The van der Waals surface area contributed by atoms with Crippen molar-refractivity contribution in [3.05, 3.63) is 54.2 Å². The minimum absolute atomic E-state index is 0.101. The van der Waals surface area contributed by atoms with Gasteiger partial charge in [-0.15, -0.1) is 0 Å². The van der Waals surface area contributed by atoms with Crippen LogP contribution < -0.4 is 0 Å². The Morgan fingerprint density at radius 2 is 1.83 bits per heavy atom. The van der Waals surface area contributed by atoms with E-state index in [1.165, 1.54) is 0 Å². The molecule has 3 aliphatic heterocycles. The first kappa shape index (κ1) is 21.7. The Morgan fingerprint density at radius 3 is 2.56 bits per heavy atom. The molecule has 3 fully saturated rings. The maximum Gasteiger partial charge on any atom is 0.256 e. The fourth-order valence-electron chi connectivity index (χ4n) is 5.72. The molecule has 1 aliphatic carbocycles. The number of likely N-dealkylation sites (tertiary alicyclic amines) is 1. The summed E-state index contributed by atoms with van der Waals surface area (Å²) in [6.45, 7) is 2.69. The van der Waals surface area contributed by atoms with Crippen LogP contribution in [0.15, 0.2) is 53.7 Å². The quantitative estimate of drug-likeness (QED) is 0.559. The van der Waals surface area contributed by atoms with E-state index in [4.69, 9.17) is 9.73 Å². The van der Waals surface area contributed by atoms with Gasteiger partial charge in [-0.25, -0.2) is 0 Å². The molecule has 1 saturated carbocycles. The summed E-state index contributed by atoms with van der Waals surface area (Å²) < 4.78 is 7.26. The van der Waals surface area contributed by atoms with Crippen LogP contribution in [-0.2, 0) is 21.4 Å². The predicted molar refractivity (Wildman–Crippen MR) is 135 cm³/mol. The number of rotatable bonds is 5. The summed E-state index contributed by atoms with van der Waals surface area (Å²) in [4.78, 5) is 34.7. The van der Waals surface area contributed by atoms with E-state index >= 15 is 0 Å². The molecule has 0 N–H and O–H groups in total. The van der Waals surface area contributed by atoms with Crippen LogP contribution in [0.25, 0.3) is 22.0 Å². The Labute approximate surface area is 209 Å². The lowest BCUT2D eigenvalue weighted by molar-refractivity contribution is -0.155. The lowest BCUT2D eigenvalue weighted by Gasteiger charge is -2.30. The zero-order valence-corrected chi connectivity index (χ0v) is 20.4. The number of amides is 2. The van der Waals surface area contributed by atoms with Crippen molar-refractivity contribution in [1.29, 1.82) is 0 Å². The van der Waals surface area contributed by atoms with Crippen LogP contribution in [0.5, 0.6) is 0 Å². The second-order valence-electron chi connectivity index (χ2n) is 10.6. The monoisotopic (exact) mass is 483 g/mol. The highest BCUT2D eigenvalue weighted by molar-refractivity contribution is 6.16. The number of fused-ring (bicyclic) bond motifs is 1. The van der Waals surface area contributed by atoms with Crippen molar-refractivity contribution < 1.29 is 14.3 Å². The number of aromatic nitrogens is 2. The third-order valence-electron chi connectivity index (χ3n) is 8.18. The molecule has 2 saturated heterocycles. The summed E-state index contributed by atoms with van der Waals surface area (Å²) >= 11 is 0. The van der Waals surface area contributed by atoms with Crippen LogP contribution in [0.2, 0.25) is 0 Å². The summed E-state index contributed by atoms with van der Waals surface area (Å²) in [5, 5.41) is 5.45. The van der Waals surface area contributed by atoms with Gasteiger partial charge in [0.2, 0.25) is 0 Å². The number of carbonyl (C=O) groups excluding carboxylic acids is 2. The van der Waals surface area contributed by atoms with Gasteiger partial charge in [0.15, 0.2) is 0 Å². The zero-order chi connectivity index (χ0) is 24.4. The van der Waals surface area contributed by atoms with Gasteiger partial charge in [-0.1, -0.05) is 30.3 Å². The van der Waals surface area contributed by atoms with Gasteiger partial charge in [-0.05, 0) is 48.4 Å². The number of nitrogens with zero attached hydrogens (tertiary/aromatic N) is 5. The highest BCUT2D eigenvalue weighted by Crippen LogP contribution is 2.46. The predicted octanol–water partition coefficient (Wildman–Crippen LogP) is 3.00. The molecule has 2 atom stereocenters. The number of carbonyl (C=O) groups is 2. The topological polar surface area (TPSA) is 80.0 Å². The molecule has 8 heteroatoms. The lowest BCUT2D eigenvalue weighted by atomic mass is 10.0. The van der Waals surface area contributed by atoms with Gasteiger partial charge in [0.1, 0.15) is 17.5 Å². The smallest absolute Gasteiger partial charge is 0.256 e. The third-order valence-corrected chi connectivity index (χ3v) is 8.18. The average molecular weight is 484 g/mol. The summed E-state index contributed by atoms with van der Waals surface area (Å²) in [5.41, 5.74) is 3.77. The molecule has 36 heavy (non-hydrogen) atoms. The molecule has 2 aromatic carbocycles. The van der Waals surface area contributed by atoms with Gasteiger partial charge in [0, 0.05) is 44.1 Å². The largest absolute Gasteiger partial charge is 0.368 e. The number of amidine groups is 1. The fourth-order valence-corrected chi connectivity index (χ4v) is 5.72. The molecule has 1 aromatic heterocycles. The van der Waals surface area contributed by atoms with E-state index in [0.717, 1.165) is 65.7 Å². The maximum atomic E-state index is 13.4. The number of aryl methyl sites for hydroxylation is 1. The van der Waals surface area contributed by atoms with Crippen molar-refractivity contribution in [2.75, 3.05) is 26.2 Å². The molecule has 1 spiro atoms. The normalized spacial score (nSPS) is 24.5. The van der Waals surface area contributed by atoms with Gasteiger partial charge in [-0.2, -0.15) is 5.10 Å². The molecule has 7 rings (SSSR count). The first-order valence-corrected chi connectivity index (χ1v) is 12.9. The van der Waals surface area contributed by atoms with Crippen LogP contribution in [0.4, 0.5) is 0 Å². The van der Waals surface area contributed by atoms with E-state index in [1.54, 1.807) is 0 Å². The van der Waals surface area contributed by atoms with Crippen LogP contribution in [0.3, 0.4) is 0 Å². The Kier molecular flexibility index (Phi) is 4.83. The van der Waals surface area contributed by atoms with Crippen molar-refractivity contribution in [2.24, 2.45) is 18.0 Å². The molecule has 0 radical (unpaired) electrons. The molecule has 184 valence electrons. The Bertz CT molecular complexity index is 1400. The number of ether oxygens (including phenoxy) is 1. The van der Waals surface area contributed by atoms with Gasteiger partial charge < -0.3 is 9.64 Å². The molecular weight excluding hydrogens is 454 g/mol. The molecule has 8 nitrogen and oxygen atoms in total. The minimum Gasteiger partial charge on any atom is -0.368 e. The molecule has 0 bridgehead atoms. The fraction of sp³-hybridized carbons (Fsp3) is 0.429. The first-order chi connectivity index (χ1) is 17.5. The lowest BCUT2D eigenvalue weighted by Crippen LogP contribution is -2.45. The molecular formula is C28H29N5O3. The Hall–Kier alpha value is -3.52. The Balaban J connectivity index is 1.10. The number of hydrogen-bond acceptors (Lipinski definition) is 5. The highest BCUT2D eigenvalue weighted by atomic mass is 16.5. The minimum atomic E-state index is -0.548. The van der Waals surface area contributed by atoms with Crippen molar-refractivity contribution in [3.8, 4) is 11.1 Å². The van der Waals surface area contributed by atoms with Crippen molar-refractivity contribution >= 4 is 28.6 Å². The number of aliphatic imine (C=N–C) groups is 1. The Morgan fingerprint density at radius 1 is 1.08 bits per heavy atom. The maximum absolute atomic E-state index is 13.4. The van der Waals surface area contributed by atoms with Crippen molar-refractivity contribution in [3.63, 3.8) is 0 Å². The molecule has 2 unspecified atom stereocenters. The second kappa shape index (κ2) is 8.00. The van der Waals surface area contributed by atoms with E-state index in [2.05, 4.69) is 47.6 Å². The van der Waals surface area contributed by atoms with Gasteiger partial charge >= 0.3 is 0 Å². The van der Waals surface area contributed by atoms with Crippen LogP contribution in [0, 0.1) is 5.92 Å². The van der Waals surface area contributed by atoms with Gasteiger partial charge in [0.25, 0.3) is 11.8 Å². The summed E-state index contributed by atoms with van der Waals surface area (Å²) in [5.74, 6) is 1.25. The van der Waals surface area contributed by atoms with E-state index in [9.17, 15) is 9.59 Å². The third kappa shape index (κ3) is 3.46. The molecule has 4 heterocycles.